The summed E-state index contributed by atoms with van der Waals surface area (Å²) in [6, 6.07) is 14.9. The highest BCUT2D eigenvalue weighted by molar-refractivity contribution is 5.85. The predicted octanol–water partition coefficient (Wildman–Crippen LogP) is 3.67. The van der Waals surface area contributed by atoms with Crippen LogP contribution in [0.15, 0.2) is 54.9 Å². The number of rotatable bonds is 4. The van der Waals surface area contributed by atoms with E-state index in [1.54, 1.807) is 0 Å². The van der Waals surface area contributed by atoms with Gasteiger partial charge in [0.2, 0.25) is 5.95 Å². The Balaban J connectivity index is 1.86. The highest BCUT2D eigenvalue weighted by Gasteiger charge is 2.03. The quantitative estimate of drug-likeness (QED) is 0.766. The van der Waals surface area contributed by atoms with E-state index in [9.17, 15) is 0 Å². The van der Waals surface area contributed by atoms with Crippen LogP contribution < -0.4 is 5.32 Å². The molecule has 0 aliphatic rings. The summed E-state index contributed by atoms with van der Waals surface area (Å²) >= 11 is 0. The van der Waals surface area contributed by atoms with E-state index in [0.717, 1.165) is 19.0 Å². The van der Waals surface area contributed by atoms with Gasteiger partial charge in [-0.05, 0) is 23.3 Å². The first-order valence-electron chi connectivity index (χ1n) is 6.60. The van der Waals surface area contributed by atoms with Crippen molar-refractivity contribution >= 4 is 16.7 Å². The molecule has 0 saturated carbocycles. The van der Waals surface area contributed by atoms with Crippen molar-refractivity contribution in [3.8, 4) is 0 Å². The molecule has 96 valence electrons. The zero-order valence-electron chi connectivity index (χ0n) is 11.0. The van der Waals surface area contributed by atoms with Crippen LogP contribution in [0.2, 0.25) is 0 Å². The summed E-state index contributed by atoms with van der Waals surface area (Å²) in [6.45, 7) is 3.83. The van der Waals surface area contributed by atoms with E-state index in [-0.39, 0.29) is 0 Å². The fourth-order valence-corrected chi connectivity index (χ4v) is 2.35. The molecule has 0 radical (unpaired) electrons. The minimum absolute atomic E-state index is 0.790. The van der Waals surface area contributed by atoms with Crippen LogP contribution in [0.25, 0.3) is 10.8 Å². The SMILES string of the molecule is CCn1ccnc1NCc1cccc2ccccc12. The molecule has 0 aliphatic carbocycles. The Labute approximate surface area is 112 Å². The second kappa shape index (κ2) is 5.14. The summed E-state index contributed by atoms with van der Waals surface area (Å²) in [4.78, 5) is 4.33. The second-order valence-electron chi connectivity index (χ2n) is 4.53. The third-order valence-electron chi connectivity index (χ3n) is 3.37. The minimum Gasteiger partial charge on any atom is -0.352 e. The van der Waals surface area contributed by atoms with Crippen LogP contribution in [0, 0.1) is 0 Å². The highest BCUT2D eigenvalue weighted by atomic mass is 15.2. The topological polar surface area (TPSA) is 29.9 Å². The van der Waals surface area contributed by atoms with E-state index in [1.807, 2.05) is 12.4 Å². The molecule has 0 unspecified atom stereocenters. The molecule has 3 aromatic rings. The minimum atomic E-state index is 0.790. The van der Waals surface area contributed by atoms with Crippen LogP contribution in [0.5, 0.6) is 0 Å². The van der Waals surface area contributed by atoms with Gasteiger partial charge in [-0.25, -0.2) is 4.98 Å². The number of nitrogens with one attached hydrogen (secondary N) is 1. The Morgan fingerprint density at radius 3 is 2.84 bits per heavy atom. The summed E-state index contributed by atoms with van der Waals surface area (Å²) in [5.41, 5.74) is 1.30. The lowest BCUT2D eigenvalue weighted by Gasteiger charge is -2.10. The zero-order valence-corrected chi connectivity index (χ0v) is 11.0. The van der Waals surface area contributed by atoms with E-state index >= 15 is 0 Å². The van der Waals surface area contributed by atoms with Gasteiger partial charge in [-0.15, -0.1) is 0 Å². The Kier molecular flexibility index (Phi) is 3.19. The number of aromatic nitrogens is 2. The van der Waals surface area contributed by atoms with Gasteiger partial charge in [0.15, 0.2) is 0 Å². The molecule has 1 heterocycles. The Morgan fingerprint density at radius 2 is 1.95 bits per heavy atom. The van der Waals surface area contributed by atoms with Gasteiger partial charge in [-0.3, -0.25) is 0 Å². The number of aryl methyl sites for hydroxylation is 1. The number of anilines is 1. The summed E-state index contributed by atoms with van der Waals surface area (Å²) in [5.74, 6) is 0.926. The fraction of sp³-hybridized carbons (Fsp3) is 0.188. The van der Waals surface area contributed by atoms with Gasteiger partial charge >= 0.3 is 0 Å². The summed E-state index contributed by atoms with van der Waals surface area (Å²) in [5, 5.41) is 5.98. The van der Waals surface area contributed by atoms with Gasteiger partial charge in [-0.1, -0.05) is 42.5 Å². The lowest BCUT2D eigenvalue weighted by molar-refractivity contribution is 0.763. The van der Waals surface area contributed by atoms with Crippen molar-refractivity contribution in [3.05, 3.63) is 60.4 Å². The highest BCUT2D eigenvalue weighted by Crippen LogP contribution is 2.19. The largest absolute Gasteiger partial charge is 0.352 e. The second-order valence-corrected chi connectivity index (χ2v) is 4.53. The molecule has 1 N–H and O–H groups in total. The standard InChI is InChI=1S/C16H17N3/c1-2-19-11-10-17-16(19)18-12-14-8-5-7-13-6-3-4-9-15(13)14/h3-11H,2,12H2,1H3,(H,17,18). The monoisotopic (exact) mass is 251 g/mol. The van der Waals surface area contributed by atoms with Gasteiger partial charge in [0, 0.05) is 25.5 Å². The van der Waals surface area contributed by atoms with Gasteiger partial charge in [0.1, 0.15) is 0 Å². The fourth-order valence-electron chi connectivity index (χ4n) is 2.35. The molecular weight excluding hydrogens is 234 g/mol. The lowest BCUT2D eigenvalue weighted by atomic mass is 10.0. The number of nitrogens with zero attached hydrogens (tertiary/aromatic N) is 2. The van der Waals surface area contributed by atoms with Crippen molar-refractivity contribution in [2.45, 2.75) is 20.0 Å². The molecule has 0 atom stereocenters. The van der Waals surface area contributed by atoms with Crippen molar-refractivity contribution in [1.29, 1.82) is 0 Å². The predicted molar refractivity (Wildman–Crippen MR) is 79.2 cm³/mol. The van der Waals surface area contributed by atoms with Crippen molar-refractivity contribution < 1.29 is 0 Å². The van der Waals surface area contributed by atoms with Gasteiger partial charge in [0.05, 0.1) is 0 Å². The smallest absolute Gasteiger partial charge is 0.203 e. The third-order valence-corrected chi connectivity index (χ3v) is 3.37. The molecule has 0 bridgehead atoms. The van der Waals surface area contributed by atoms with E-state index in [0.29, 0.717) is 0 Å². The van der Waals surface area contributed by atoms with Crippen LogP contribution in [0.1, 0.15) is 12.5 Å². The lowest BCUT2D eigenvalue weighted by Crippen LogP contribution is -2.06. The third kappa shape index (κ3) is 2.32. The summed E-state index contributed by atoms with van der Waals surface area (Å²) in [6.07, 6.45) is 3.82. The Hall–Kier alpha value is -2.29. The van der Waals surface area contributed by atoms with Crippen molar-refractivity contribution in [2.24, 2.45) is 0 Å². The maximum atomic E-state index is 4.33. The first-order chi connectivity index (χ1) is 9.38. The number of benzene rings is 2. The molecular formula is C16H17N3. The molecule has 2 aromatic carbocycles. The molecule has 0 fully saturated rings. The summed E-state index contributed by atoms with van der Waals surface area (Å²) < 4.78 is 2.10. The molecule has 3 rings (SSSR count). The first-order valence-corrected chi connectivity index (χ1v) is 6.60. The van der Waals surface area contributed by atoms with Gasteiger partial charge < -0.3 is 9.88 Å². The van der Waals surface area contributed by atoms with Crippen LogP contribution >= 0.6 is 0 Å². The molecule has 19 heavy (non-hydrogen) atoms. The van der Waals surface area contributed by atoms with Crippen molar-refractivity contribution in [2.75, 3.05) is 5.32 Å². The molecule has 0 amide bonds. The number of fused-ring (bicyclic) bond motifs is 1. The first kappa shape index (κ1) is 11.8. The molecule has 3 heteroatoms. The molecule has 3 nitrogen and oxygen atoms in total. The average Bonchev–Trinajstić information content (AvgIpc) is 2.92. The maximum Gasteiger partial charge on any atom is 0.203 e. The van der Waals surface area contributed by atoms with Crippen LogP contribution in [-0.2, 0) is 13.1 Å². The van der Waals surface area contributed by atoms with Crippen LogP contribution in [0.3, 0.4) is 0 Å². The van der Waals surface area contributed by atoms with Crippen LogP contribution in [0.4, 0.5) is 5.95 Å². The zero-order chi connectivity index (χ0) is 13.1. The summed E-state index contributed by atoms with van der Waals surface area (Å²) in [7, 11) is 0. The number of hydrogen-bond acceptors (Lipinski definition) is 2. The molecule has 1 aromatic heterocycles. The normalized spacial score (nSPS) is 10.8. The van der Waals surface area contributed by atoms with Crippen molar-refractivity contribution in [3.63, 3.8) is 0 Å². The van der Waals surface area contributed by atoms with Crippen molar-refractivity contribution in [1.82, 2.24) is 9.55 Å². The van der Waals surface area contributed by atoms with E-state index in [2.05, 4.69) is 64.3 Å². The molecule has 0 aliphatic heterocycles. The molecule has 0 spiro atoms. The Bertz CT molecular complexity index is 680. The van der Waals surface area contributed by atoms with Gasteiger partial charge in [-0.2, -0.15) is 0 Å². The molecule has 0 saturated heterocycles. The van der Waals surface area contributed by atoms with E-state index < -0.39 is 0 Å². The van der Waals surface area contributed by atoms with Crippen LogP contribution in [-0.4, -0.2) is 9.55 Å². The maximum absolute atomic E-state index is 4.33. The average molecular weight is 251 g/mol. The number of hydrogen-bond donors (Lipinski definition) is 1. The van der Waals surface area contributed by atoms with Gasteiger partial charge in [0.25, 0.3) is 0 Å². The van der Waals surface area contributed by atoms with E-state index in [1.165, 1.54) is 16.3 Å². The Morgan fingerprint density at radius 1 is 1.11 bits per heavy atom. The number of imidazole rings is 1. The van der Waals surface area contributed by atoms with E-state index in [4.69, 9.17) is 0 Å².